The number of anilines is 1. The highest BCUT2D eigenvalue weighted by Crippen LogP contribution is 2.23. The van der Waals surface area contributed by atoms with Crippen LogP contribution in [-0.2, 0) is 0 Å². The molecule has 31 heavy (non-hydrogen) atoms. The Morgan fingerprint density at radius 1 is 1.06 bits per heavy atom. The SMILES string of the molecule is Cc1ccc(C=C2CCN(CCNC(=O)Nc3cc(C)nc4ccccc34)CC2)cc1. The second kappa shape index (κ2) is 9.75. The number of para-hydroxylation sites is 1. The van der Waals surface area contributed by atoms with Gasteiger partial charge in [0.15, 0.2) is 0 Å². The minimum Gasteiger partial charge on any atom is -0.337 e. The van der Waals surface area contributed by atoms with Gasteiger partial charge in [0.25, 0.3) is 0 Å². The fourth-order valence-electron chi connectivity index (χ4n) is 4.01. The highest BCUT2D eigenvalue weighted by molar-refractivity contribution is 6.00. The Kier molecular flexibility index (Phi) is 6.63. The first kappa shape index (κ1) is 21.1. The van der Waals surface area contributed by atoms with Crippen molar-refractivity contribution in [3.8, 4) is 0 Å². The molecule has 1 aliphatic rings. The molecular weight excluding hydrogens is 384 g/mol. The number of likely N-dealkylation sites (tertiary alicyclic amines) is 1. The van der Waals surface area contributed by atoms with Crippen molar-refractivity contribution in [1.82, 2.24) is 15.2 Å². The zero-order valence-electron chi connectivity index (χ0n) is 18.3. The van der Waals surface area contributed by atoms with Gasteiger partial charge in [-0.15, -0.1) is 0 Å². The van der Waals surface area contributed by atoms with E-state index in [1.54, 1.807) is 0 Å². The van der Waals surface area contributed by atoms with E-state index in [0.29, 0.717) is 6.54 Å². The molecule has 1 aliphatic heterocycles. The average Bonchev–Trinajstić information content (AvgIpc) is 2.76. The Bertz CT molecular complexity index is 1080. The van der Waals surface area contributed by atoms with Crippen LogP contribution in [0.3, 0.4) is 0 Å². The molecule has 0 bridgehead atoms. The van der Waals surface area contributed by atoms with Gasteiger partial charge in [-0.25, -0.2) is 4.79 Å². The monoisotopic (exact) mass is 414 g/mol. The van der Waals surface area contributed by atoms with Gasteiger partial charge in [-0.1, -0.05) is 59.7 Å². The molecule has 5 heteroatoms. The molecule has 2 amide bonds. The summed E-state index contributed by atoms with van der Waals surface area (Å²) in [5.41, 5.74) is 6.65. The van der Waals surface area contributed by atoms with Gasteiger partial charge in [-0.05, 0) is 44.4 Å². The van der Waals surface area contributed by atoms with Crippen LogP contribution in [0.15, 0.2) is 60.2 Å². The molecule has 0 atom stereocenters. The number of aromatic nitrogens is 1. The summed E-state index contributed by atoms with van der Waals surface area (Å²) in [5.74, 6) is 0. The molecule has 1 fully saturated rings. The number of urea groups is 1. The molecule has 1 saturated heterocycles. The highest BCUT2D eigenvalue weighted by atomic mass is 16.2. The number of hydrogen-bond acceptors (Lipinski definition) is 3. The van der Waals surface area contributed by atoms with E-state index in [4.69, 9.17) is 0 Å². The number of piperidine rings is 1. The third-order valence-electron chi connectivity index (χ3n) is 5.75. The summed E-state index contributed by atoms with van der Waals surface area (Å²) in [6.07, 6.45) is 4.49. The number of nitrogens with one attached hydrogen (secondary N) is 2. The summed E-state index contributed by atoms with van der Waals surface area (Å²) in [7, 11) is 0. The second-order valence-electron chi connectivity index (χ2n) is 8.26. The van der Waals surface area contributed by atoms with Crippen LogP contribution in [0.2, 0.25) is 0 Å². The van der Waals surface area contributed by atoms with Gasteiger partial charge < -0.3 is 15.5 Å². The Morgan fingerprint density at radius 2 is 1.81 bits per heavy atom. The number of amides is 2. The summed E-state index contributed by atoms with van der Waals surface area (Å²) >= 11 is 0. The van der Waals surface area contributed by atoms with E-state index in [2.05, 4.69) is 57.8 Å². The Hall–Kier alpha value is -3.18. The van der Waals surface area contributed by atoms with Crippen LogP contribution in [0.4, 0.5) is 10.5 Å². The number of carbonyl (C=O) groups is 1. The van der Waals surface area contributed by atoms with Crippen LogP contribution < -0.4 is 10.6 Å². The third kappa shape index (κ3) is 5.70. The van der Waals surface area contributed by atoms with Gasteiger partial charge in [0.1, 0.15) is 0 Å². The van der Waals surface area contributed by atoms with E-state index < -0.39 is 0 Å². The van der Waals surface area contributed by atoms with Gasteiger partial charge in [0.2, 0.25) is 0 Å². The van der Waals surface area contributed by atoms with E-state index in [1.807, 2.05) is 37.3 Å². The van der Waals surface area contributed by atoms with Crippen molar-refractivity contribution in [3.63, 3.8) is 0 Å². The average molecular weight is 415 g/mol. The van der Waals surface area contributed by atoms with Crippen molar-refractivity contribution in [3.05, 3.63) is 77.0 Å². The van der Waals surface area contributed by atoms with Crippen LogP contribution in [0, 0.1) is 13.8 Å². The fraction of sp³-hybridized carbons (Fsp3) is 0.308. The normalized spacial score (nSPS) is 14.5. The lowest BCUT2D eigenvalue weighted by atomic mass is 10.0. The van der Waals surface area contributed by atoms with Crippen molar-refractivity contribution in [2.45, 2.75) is 26.7 Å². The van der Waals surface area contributed by atoms with Gasteiger partial charge in [0.05, 0.1) is 11.2 Å². The van der Waals surface area contributed by atoms with Gasteiger partial charge in [-0.3, -0.25) is 4.98 Å². The first-order valence-electron chi connectivity index (χ1n) is 11.0. The molecule has 1 aromatic heterocycles. The molecular formula is C26H30N4O. The molecule has 2 aromatic carbocycles. The van der Waals surface area contributed by atoms with E-state index in [1.165, 1.54) is 16.7 Å². The summed E-state index contributed by atoms with van der Waals surface area (Å²) in [5, 5.41) is 6.93. The molecule has 0 unspecified atom stereocenters. The summed E-state index contributed by atoms with van der Waals surface area (Å²) in [6, 6.07) is 18.3. The first-order chi connectivity index (χ1) is 15.1. The van der Waals surface area contributed by atoms with Gasteiger partial charge in [-0.2, -0.15) is 0 Å². The maximum absolute atomic E-state index is 12.4. The van der Waals surface area contributed by atoms with Crippen LogP contribution in [0.1, 0.15) is 29.7 Å². The number of benzene rings is 2. The van der Waals surface area contributed by atoms with Crippen molar-refractivity contribution >= 4 is 28.7 Å². The number of fused-ring (bicyclic) bond motifs is 1. The van der Waals surface area contributed by atoms with Crippen LogP contribution in [-0.4, -0.2) is 42.1 Å². The molecule has 0 spiro atoms. The molecule has 0 aliphatic carbocycles. The van der Waals surface area contributed by atoms with Gasteiger partial charge in [0, 0.05) is 37.3 Å². The predicted octanol–water partition coefficient (Wildman–Crippen LogP) is 5.15. The molecule has 0 radical (unpaired) electrons. The molecule has 3 aromatic rings. The van der Waals surface area contributed by atoms with E-state index >= 15 is 0 Å². The lowest BCUT2D eigenvalue weighted by Crippen LogP contribution is -2.39. The second-order valence-corrected chi connectivity index (χ2v) is 8.26. The fourth-order valence-corrected chi connectivity index (χ4v) is 4.01. The number of aryl methyl sites for hydroxylation is 2. The summed E-state index contributed by atoms with van der Waals surface area (Å²) in [4.78, 5) is 19.4. The quantitative estimate of drug-likeness (QED) is 0.607. The topological polar surface area (TPSA) is 57.3 Å². The molecule has 4 rings (SSSR count). The van der Waals surface area contributed by atoms with E-state index in [0.717, 1.165) is 54.8 Å². The zero-order valence-corrected chi connectivity index (χ0v) is 18.3. The Labute approximate surface area is 184 Å². The van der Waals surface area contributed by atoms with E-state index in [-0.39, 0.29) is 6.03 Å². The highest BCUT2D eigenvalue weighted by Gasteiger charge is 2.14. The largest absolute Gasteiger partial charge is 0.337 e. The Morgan fingerprint density at radius 3 is 2.58 bits per heavy atom. The van der Waals surface area contributed by atoms with Crippen molar-refractivity contribution < 1.29 is 4.79 Å². The lowest BCUT2D eigenvalue weighted by molar-refractivity contribution is 0.240. The number of carbonyl (C=O) groups excluding carboxylic acids is 1. The van der Waals surface area contributed by atoms with E-state index in [9.17, 15) is 4.79 Å². The minimum atomic E-state index is -0.173. The molecule has 0 saturated carbocycles. The molecule has 5 nitrogen and oxygen atoms in total. The van der Waals surface area contributed by atoms with Gasteiger partial charge >= 0.3 is 6.03 Å². The van der Waals surface area contributed by atoms with Crippen molar-refractivity contribution in [1.29, 1.82) is 0 Å². The maximum Gasteiger partial charge on any atom is 0.319 e. The van der Waals surface area contributed by atoms with Crippen LogP contribution in [0.5, 0.6) is 0 Å². The first-order valence-corrected chi connectivity index (χ1v) is 11.0. The molecule has 160 valence electrons. The summed E-state index contributed by atoms with van der Waals surface area (Å²) < 4.78 is 0. The Balaban J connectivity index is 1.23. The van der Waals surface area contributed by atoms with Crippen LogP contribution in [0.25, 0.3) is 17.0 Å². The van der Waals surface area contributed by atoms with Crippen LogP contribution >= 0.6 is 0 Å². The maximum atomic E-state index is 12.4. The van der Waals surface area contributed by atoms with Crippen molar-refractivity contribution in [2.75, 3.05) is 31.5 Å². The molecule has 2 N–H and O–H groups in total. The lowest BCUT2D eigenvalue weighted by Gasteiger charge is -2.28. The molecule has 2 heterocycles. The standard InChI is InChI=1S/C26H30N4O/c1-19-7-9-21(10-8-19)18-22-11-14-30(15-12-22)16-13-27-26(31)29-25-17-20(2)28-24-6-4-3-5-23(24)25/h3-10,17-18H,11-16H2,1-2H3,(H2,27,28,29,31). The number of nitrogens with zero attached hydrogens (tertiary/aromatic N) is 2. The minimum absolute atomic E-state index is 0.173. The summed E-state index contributed by atoms with van der Waals surface area (Å²) in [6.45, 7) is 7.62. The number of pyridine rings is 1. The smallest absolute Gasteiger partial charge is 0.319 e. The predicted molar refractivity (Wildman–Crippen MR) is 128 cm³/mol. The number of rotatable bonds is 5. The van der Waals surface area contributed by atoms with Crippen molar-refractivity contribution in [2.24, 2.45) is 0 Å². The third-order valence-corrected chi connectivity index (χ3v) is 5.75. The zero-order chi connectivity index (χ0) is 21.6. The number of hydrogen-bond donors (Lipinski definition) is 2.